The fraction of sp³-hybridized carbons (Fsp3) is 0.200. The molecule has 0 saturated carbocycles. The van der Waals surface area contributed by atoms with Crippen LogP contribution in [-0.4, -0.2) is 14.2 Å². The summed E-state index contributed by atoms with van der Waals surface area (Å²) >= 11 is 0. The van der Waals surface area contributed by atoms with Gasteiger partial charge < -0.3 is 10.1 Å². The predicted molar refractivity (Wildman–Crippen MR) is 70.2 cm³/mol. The van der Waals surface area contributed by atoms with Gasteiger partial charge in [0, 0.05) is 17.2 Å². The molecule has 0 aliphatic heterocycles. The molecule has 0 radical (unpaired) electrons. The molecule has 0 aliphatic carbocycles. The second-order valence-corrected chi connectivity index (χ2v) is 4.24. The zero-order valence-electron chi connectivity index (χ0n) is 11.1. The number of hydrogen-bond acceptors (Lipinski definition) is 2. The van der Waals surface area contributed by atoms with Crippen molar-refractivity contribution >= 4 is 0 Å². The van der Waals surface area contributed by atoms with Crippen molar-refractivity contribution in [3.05, 3.63) is 65.0 Å². The Balaban J connectivity index is 2.53. The first-order valence-corrected chi connectivity index (χ1v) is 6.03. The quantitative estimate of drug-likeness (QED) is 0.927. The van der Waals surface area contributed by atoms with E-state index in [9.17, 15) is 13.2 Å². The number of methoxy groups -OCH3 is 1. The Morgan fingerprint density at radius 3 is 2.15 bits per heavy atom. The molecule has 0 aromatic heterocycles. The Morgan fingerprint density at radius 1 is 1.00 bits per heavy atom. The fourth-order valence-corrected chi connectivity index (χ4v) is 2.11. The van der Waals surface area contributed by atoms with E-state index in [0.717, 1.165) is 12.1 Å². The minimum Gasteiger partial charge on any atom is -0.497 e. The molecule has 0 amide bonds. The zero-order chi connectivity index (χ0) is 14.7. The molecule has 1 N–H and O–H groups in total. The first kappa shape index (κ1) is 14.4. The molecular formula is C15H14F3NO. The fourth-order valence-electron chi connectivity index (χ4n) is 2.11. The van der Waals surface area contributed by atoms with E-state index in [4.69, 9.17) is 4.74 Å². The first-order valence-electron chi connectivity index (χ1n) is 6.03. The predicted octanol–water partition coefficient (Wildman–Crippen LogP) is 3.42. The molecular weight excluding hydrogens is 267 g/mol. The molecule has 0 aliphatic rings. The molecule has 0 fully saturated rings. The standard InChI is InChI=1S/C15H14F3NO/c1-19-15(14-11(16)4-3-5-12(14)17)10-7-6-9(20-2)8-13(10)18/h3-8,15,19H,1-2H3. The Kier molecular flexibility index (Phi) is 4.29. The van der Waals surface area contributed by atoms with Gasteiger partial charge in [-0.2, -0.15) is 0 Å². The van der Waals surface area contributed by atoms with Gasteiger partial charge in [0.25, 0.3) is 0 Å². The lowest BCUT2D eigenvalue weighted by Crippen LogP contribution is -2.21. The van der Waals surface area contributed by atoms with Crippen molar-refractivity contribution < 1.29 is 17.9 Å². The summed E-state index contributed by atoms with van der Waals surface area (Å²) in [5.74, 6) is -1.69. The van der Waals surface area contributed by atoms with E-state index in [-0.39, 0.29) is 11.1 Å². The van der Waals surface area contributed by atoms with Crippen molar-refractivity contribution in [1.82, 2.24) is 5.32 Å². The van der Waals surface area contributed by atoms with E-state index in [0.29, 0.717) is 5.75 Å². The van der Waals surface area contributed by atoms with Crippen molar-refractivity contribution in [1.29, 1.82) is 0 Å². The van der Waals surface area contributed by atoms with Crippen LogP contribution in [0.1, 0.15) is 17.2 Å². The van der Waals surface area contributed by atoms with Crippen LogP contribution >= 0.6 is 0 Å². The highest BCUT2D eigenvalue weighted by Crippen LogP contribution is 2.30. The third-order valence-corrected chi connectivity index (χ3v) is 3.10. The van der Waals surface area contributed by atoms with Gasteiger partial charge in [-0.1, -0.05) is 12.1 Å². The van der Waals surface area contributed by atoms with Gasteiger partial charge in [0.05, 0.1) is 13.2 Å². The number of ether oxygens (including phenoxy) is 1. The summed E-state index contributed by atoms with van der Waals surface area (Å²) < 4.78 is 46.6. The van der Waals surface area contributed by atoms with Crippen LogP contribution in [0.3, 0.4) is 0 Å². The lowest BCUT2D eigenvalue weighted by Gasteiger charge is -2.19. The van der Waals surface area contributed by atoms with Crippen molar-refractivity contribution in [2.24, 2.45) is 0 Å². The van der Waals surface area contributed by atoms with Crippen LogP contribution in [0.2, 0.25) is 0 Å². The topological polar surface area (TPSA) is 21.3 Å². The number of hydrogen-bond donors (Lipinski definition) is 1. The summed E-state index contributed by atoms with van der Waals surface area (Å²) in [5, 5.41) is 2.73. The monoisotopic (exact) mass is 281 g/mol. The highest BCUT2D eigenvalue weighted by Gasteiger charge is 2.23. The third-order valence-electron chi connectivity index (χ3n) is 3.10. The van der Waals surface area contributed by atoms with Gasteiger partial charge in [-0.05, 0) is 25.2 Å². The molecule has 2 nitrogen and oxygen atoms in total. The Bertz CT molecular complexity index is 596. The number of halogens is 3. The SMILES string of the molecule is CNC(c1ccc(OC)cc1F)c1c(F)cccc1F. The molecule has 5 heteroatoms. The van der Waals surface area contributed by atoms with E-state index >= 15 is 0 Å². The van der Waals surface area contributed by atoms with Crippen LogP contribution < -0.4 is 10.1 Å². The molecule has 106 valence electrons. The molecule has 20 heavy (non-hydrogen) atoms. The van der Waals surface area contributed by atoms with Crippen molar-refractivity contribution in [3.8, 4) is 5.75 Å². The van der Waals surface area contributed by atoms with Crippen LogP contribution in [0.25, 0.3) is 0 Å². The highest BCUT2D eigenvalue weighted by atomic mass is 19.1. The lowest BCUT2D eigenvalue weighted by molar-refractivity contribution is 0.410. The van der Waals surface area contributed by atoms with E-state index in [1.807, 2.05) is 0 Å². The second-order valence-electron chi connectivity index (χ2n) is 4.24. The number of benzene rings is 2. The number of nitrogens with one attached hydrogen (secondary N) is 1. The van der Waals surface area contributed by atoms with Crippen LogP contribution in [-0.2, 0) is 0 Å². The van der Waals surface area contributed by atoms with Crippen LogP contribution in [0.4, 0.5) is 13.2 Å². The molecule has 1 unspecified atom stereocenters. The van der Waals surface area contributed by atoms with E-state index in [1.54, 1.807) is 6.07 Å². The minimum absolute atomic E-state index is 0.150. The second kappa shape index (κ2) is 5.96. The summed E-state index contributed by atoms with van der Waals surface area (Å²) in [6.07, 6.45) is 0. The Morgan fingerprint density at radius 2 is 1.65 bits per heavy atom. The zero-order valence-corrected chi connectivity index (χ0v) is 11.1. The van der Waals surface area contributed by atoms with Gasteiger partial charge in [0.1, 0.15) is 23.2 Å². The van der Waals surface area contributed by atoms with Crippen molar-refractivity contribution in [3.63, 3.8) is 0 Å². The highest BCUT2D eigenvalue weighted by molar-refractivity contribution is 5.37. The Hall–Kier alpha value is -2.01. The minimum atomic E-state index is -0.915. The summed E-state index contributed by atoms with van der Waals surface area (Å²) in [4.78, 5) is 0. The molecule has 0 saturated heterocycles. The number of rotatable bonds is 4. The van der Waals surface area contributed by atoms with Gasteiger partial charge in [-0.25, -0.2) is 13.2 Å². The first-order chi connectivity index (χ1) is 9.58. The van der Waals surface area contributed by atoms with E-state index < -0.39 is 23.5 Å². The summed E-state index contributed by atoms with van der Waals surface area (Å²) in [6.45, 7) is 0. The molecule has 2 rings (SSSR count). The van der Waals surface area contributed by atoms with E-state index in [1.165, 1.54) is 32.4 Å². The summed E-state index contributed by atoms with van der Waals surface area (Å²) in [5.41, 5.74) is -0.0589. The molecule has 0 spiro atoms. The molecule has 2 aromatic rings. The van der Waals surface area contributed by atoms with Crippen LogP contribution in [0.5, 0.6) is 5.75 Å². The van der Waals surface area contributed by atoms with Gasteiger partial charge in [0.2, 0.25) is 0 Å². The van der Waals surface area contributed by atoms with Crippen LogP contribution in [0, 0.1) is 17.5 Å². The van der Waals surface area contributed by atoms with Crippen molar-refractivity contribution in [2.45, 2.75) is 6.04 Å². The molecule has 0 heterocycles. The van der Waals surface area contributed by atoms with Gasteiger partial charge >= 0.3 is 0 Å². The molecule has 2 aromatic carbocycles. The van der Waals surface area contributed by atoms with E-state index in [2.05, 4.69) is 5.32 Å². The largest absolute Gasteiger partial charge is 0.497 e. The molecule has 1 atom stereocenters. The molecule has 0 bridgehead atoms. The smallest absolute Gasteiger partial charge is 0.132 e. The summed E-state index contributed by atoms with van der Waals surface area (Å²) in [7, 11) is 2.93. The maximum atomic E-state index is 14.1. The third kappa shape index (κ3) is 2.63. The normalized spacial score (nSPS) is 12.2. The van der Waals surface area contributed by atoms with Gasteiger partial charge in [-0.3, -0.25) is 0 Å². The maximum Gasteiger partial charge on any atom is 0.132 e. The summed E-state index contributed by atoms with van der Waals surface area (Å²) in [6, 6.07) is 6.81. The average Bonchev–Trinajstić information content (AvgIpc) is 2.43. The maximum absolute atomic E-state index is 14.1. The lowest BCUT2D eigenvalue weighted by atomic mass is 9.97. The van der Waals surface area contributed by atoms with Gasteiger partial charge in [-0.15, -0.1) is 0 Å². The van der Waals surface area contributed by atoms with Crippen LogP contribution in [0.15, 0.2) is 36.4 Å². The van der Waals surface area contributed by atoms with Gasteiger partial charge in [0.15, 0.2) is 0 Å². The average molecular weight is 281 g/mol. The Labute approximate surface area is 115 Å². The van der Waals surface area contributed by atoms with Crippen molar-refractivity contribution in [2.75, 3.05) is 14.2 Å².